The SMILES string of the molecule is O=c1[nH]c2cc(-c3nc(Cc4ccc5c(c4)OCO5)no3)ccc2n1C1CCCC1. The second kappa shape index (κ2) is 6.76. The van der Waals surface area contributed by atoms with E-state index in [2.05, 4.69) is 15.1 Å². The van der Waals surface area contributed by atoms with Crippen molar-refractivity contribution in [1.82, 2.24) is 19.7 Å². The topological polar surface area (TPSA) is 95.2 Å². The molecule has 0 amide bonds. The van der Waals surface area contributed by atoms with Gasteiger partial charge in [-0.25, -0.2) is 4.79 Å². The maximum absolute atomic E-state index is 12.5. The van der Waals surface area contributed by atoms with E-state index in [0.29, 0.717) is 18.1 Å². The molecule has 0 bridgehead atoms. The Morgan fingerprint density at radius 2 is 1.93 bits per heavy atom. The lowest BCUT2D eigenvalue weighted by Crippen LogP contribution is -2.20. The number of rotatable bonds is 4. The average Bonchev–Trinajstić information content (AvgIpc) is 3.53. The summed E-state index contributed by atoms with van der Waals surface area (Å²) in [5.41, 5.74) is 3.46. The van der Waals surface area contributed by atoms with Gasteiger partial charge in [-0.15, -0.1) is 0 Å². The molecule has 0 spiro atoms. The molecule has 4 aromatic rings. The van der Waals surface area contributed by atoms with Crippen molar-refractivity contribution in [2.24, 2.45) is 0 Å². The van der Waals surface area contributed by atoms with Crippen molar-refractivity contribution in [3.05, 3.63) is 58.3 Å². The van der Waals surface area contributed by atoms with Crippen LogP contribution in [-0.2, 0) is 6.42 Å². The monoisotopic (exact) mass is 404 g/mol. The standard InChI is InChI=1S/C22H20N4O4/c27-22-23-16-11-14(6-7-17(16)26(22)15-3-1-2-4-15)21-24-20(25-30-21)10-13-5-8-18-19(9-13)29-12-28-18/h5-9,11,15H,1-4,10,12H2,(H,23,27). The molecule has 1 fully saturated rings. The van der Waals surface area contributed by atoms with Gasteiger partial charge in [-0.1, -0.05) is 24.1 Å². The first-order chi connectivity index (χ1) is 14.7. The second-order valence-electron chi connectivity index (χ2n) is 7.85. The highest BCUT2D eigenvalue weighted by Crippen LogP contribution is 2.34. The highest BCUT2D eigenvalue weighted by atomic mass is 16.7. The lowest BCUT2D eigenvalue weighted by molar-refractivity contribution is 0.174. The average molecular weight is 404 g/mol. The molecule has 2 aliphatic rings. The Morgan fingerprint density at radius 1 is 1.07 bits per heavy atom. The fourth-order valence-corrected chi connectivity index (χ4v) is 4.47. The molecule has 1 aliphatic carbocycles. The van der Waals surface area contributed by atoms with Gasteiger partial charge in [0.2, 0.25) is 6.79 Å². The Hall–Kier alpha value is -3.55. The molecule has 2 aromatic carbocycles. The van der Waals surface area contributed by atoms with Crippen molar-refractivity contribution in [2.45, 2.75) is 38.1 Å². The third kappa shape index (κ3) is 2.87. The van der Waals surface area contributed by atoms with E-state index in [0.717, 1.165) is 46.5 Å². The van der Waals surface area contributed by atoms with Gasteiger partial charge in [0.25, 0.3) is 5.89 Å². The number of benzene rings is 2. The Balaban J connectivity index is 1.28. The van der Waals surface area contributed by atoms with E-state index in [4.69, 9.17) is 14.0 Å². The first-order valence-electron chi connectivity index (χ1n) is 10.2. The van der Waals surface area contributed by atoms with Crippen LogP contribution in [0.2, 0.25) is 0 Å². The van der Waals surface area contributed by atoms with Crippen LogP contribution in [-0.4, -0.2) is 26.5 Å². The van der Waals surface area contributed by atoms with Gasteiger partial charge in [-0.3, -0.25) is 4.57 Å². The van der Waals surface area contributed by atoms with Crippen molar-refractivity contribution in [2.75, 3.05) is 6.79 Å². The molecule has 3 heterocycles. The summed E-state index contributed by atoms with van der Waals surface area (Å²) in [6, 6.07) is 11.9. The van der Waals surface area contributed by atoms with E-state index in [9.17, 15) is 4.79 Å². The summed E-state index contributed by atoms with van der Waals surface area (Å²) < 4.78 is 18.1. The predicted molar refractivity (Wildman–Crippen MR) is 109 cm³/mol. The molecule has 152 valence electrons. The number of hydrogen-bond acceptors (Lipinski definition) is 6. The van der Waals surface area contributed by atoms with Gasteiger partial charge in [0.15, 0.2) is 17.3 Å². The molecule has 1 N–H and O–H groups in total. The van der Waals surface area contributed by atoms with Crippen LogP contribution in [0.25, 0.3) is 22.5 Å². The van der Waals surface area contributed by atoms with Crippen LogP contribution >= 0.6 is 0 Å². The Labute approximate surface area is 171 Å². The van der Waals surface area contributed by atoms with Crippen molar-refractivity contribution in [3.63, 3.8) is 0 Å². The smallest absolute Gasteiger partial charge is 0.326 e. The maximum Gasteiger partial charge on any atom is 0.326 e. The molecule has 30 heavy (non-hydrogen) atoms. The van der Waals surface area contributed by atoms with E-state index in [-0.39, 0.29) is 18.5 Å². The lowest BCUT2D eigenvalue weighted by Gasteiger charge is -2.10. The van der Waals surface area contributed by atoms with Crippen molar-refractivity contribution in [1.29, 1.82) is 0 Å². The second-order valence-corrected chi connectivity index (χ2v) is 7.85. The van der Waals surface area contributed by atoms with Crippen LogP contribution in [0.4, 0.5) is 0 Å². The Bertz CT molecular complexity index is 1300. The summed E-state index contributed by atoms with van der Waals surface area (Å²) in [6.07, 6.45) is 4.99. The third-order valence-electron chi connectivity index (χ3n) is 5.92. The molecule has 0 radical (unpaired) electrons. The zero-order valence-corrected chi connectivity index (χ0v) is 16.3. The molecular weight excluding hydrogens is 384 g/mol. The number of aromatic nitrogens is 4. The number of aromatic amines is 1. The summed E-state index contributed by atoms with van der Waals surface area (Å²) in [5, 5.41) is 4.11. The van der Waals surface area contributed by atoms with Crippen LogP contribution in [0.5, 0.6) is 11.5 Å². The van der Waals surface area contributed by atoms with E-state index in [1.54, 1.807) is 0 Å². The van der Waals surface area contributed by atoms with Gasteiger partial charge < -0.3 is 19.0 Å². The minimum Gasteiger partial charge on any atom is -0.454 e. The molecule has 1 saturated carbocycles. The van der Waals surface area contributed by atoms with E-state index >= 15 is 0 Å². The normalized spacial score (nSPS) is 16.0. The zero-order chi connectivity index (χ0) is 20.1. The molecule has 0 unspecified atom stereocenters. The summed E-state index contributed by atoms with van der Waals surface area (Å²) in [6.45, 7) is 0.248. The summed E-state index contributed by atoms with van der Waals surface area (Å²) in [5.74, 6) is 2.50. The van der Waals surface area contributed by atoms with Crippen LogP contribution in [0, 0.1) is 0 Å². The fraction of sp³-hybridized carbons (Fsp3) is 0.318. The zero-order valence-electron chi connectivity index (χ0n) is 16.3. The number of ether oxygens (including phenoxy) is 2. The molecule has 8 nitrogen and oxygen atoms in total. The molecular formula is C22H20N4O4. The van der Waals surface area contributed by atoms with Gasteiger partial charge in [0.1, 0.15) is 0 Å². The minimum absolute atomic E-state index is 0.0527. The van der Waals surface area contributed by atoms with Gasteiger partial charge >= 0.3 is 5.69 Å². The molecule has 8 heteroatoms. The first-order valence-corrected chi connectivity index (χ1v) is 10.2. The highest BCUT2D eigenvalue weighted by Gasteiger charge is 2.22. The first kappa shape index (κ1) is 17.3. The van der Waals surface area contributed by atoms with Gasteiger partial charge in [-0.2, -0.15) is 4.98 Å². The number of fused-ring (bicyclic) bond motifs is 2. The molecule has 6 rings (SSSR count). The number of hydrogen-bond donors (Lipinski definition) is 1. The van der Waals surface area contributed by atoms with E-state index in [1.807, 2.05) is 41.0 Å². The van der Waals surface area contributed by atoms with Gasteiger partial charge in [-0.05, 0) is 48.7 Å². The Morgan fingerprint density at radius 3 is 2.83 bits per heavy atom. The van der Waals surface area contributed by atoms with Crippen LogP contribution in [0.3, 0.4) is 0 Å². The molecule has 0 atom stereocenters. The van der Waals surface area contributed by atoms with Gasteiger partial charge in [0, 0.05) is 18.0 Å². The van der Waals surface area contributed by atoms with Gasteiger partial charge in [0.05, 0.1) is 11.0 Å². The fourth-order valence-electron chi connectivity index (χ4n) is 4.47. The third-order valence-corrected chi connectivity index (χ3v) is 5.92. The largest absolute Gasteiger partial charge is 0.454 e. The van der Waals surface area contributed by atoms with Crippen LogP contribution in [0.15, 0.2) is 45.7 Å². The number of nitrogens with zero attached hydrogens (tertiary/aromatic N) is 3. The van der Waals surface area contributed by atoms with Crippen LogP contribution < -0.4 is 15.2 Å². The van der Waals surface area contributed by atoms with Crippen molar-refractivity contribution in [3.8, 4) is 23.0 Å². The highest BCUT2D eigenvalue weighted by molar-refractivity contribution is 5.80. The number of H-pyrrole nitrogens is 1. The Kier molecular flexibility index (Phi) is 3.90. The predicted octanol–water partition coefficient (Wildman–Crippen LogP) is 3.81. The quantitative estimate of drug-likeness (QED) is 0.556. The lowest BCUT2D eigenvalue weighted by atomic mass is 10.1. The molecule has 2 aromatic heterocycles. The number of imidazole rings is 1. The van der Waals surface area contributed by atoms with E-state index < -0.39 is 0 Å². The summed E-state index contributed by atoms with van der Waals surface area (Å²) in [7, 11) is 0. The number of nitrogens with one attached hydrogen (secondary N) is 1. The van der Waals surface area contributed by atoms with Crippen molar-refractivity contribution < 1.29 is 14.0 Å². The minimum atomic E-state index is -0.0527. The van der Waals surface area contributed by atoms with Crippen molar-refractivity contribution >= 4 is 11.0 Å². The van der Waals surface area contributed by atoms with E-state index in [1.165, 1.54) is 12.8 Å². The summed E-state index contributed by atoms with van der Waals surface area (Å²) in [4.78, 5) is 20.0. The van der Waals surface area contributed by atoms with Crippen LogP contribution in [0.1, 0.15) is 43.1 Å². The molecule has 0 saturated heterocycles. The maximum atomic E-state index is 12.5. The summed E-state index contributed by atoms with van der Waals surface area (Å²) >= 11 is 0. The molecule has 1 aliphatic heterocycles.